The van der Waals surface area contributed by atoms with Crippen molar-refractivity contribution < 1.29 is 27.5 Å². The number of carbonyl (C=O) groups excluding carboxylic acids is 2. The Kier molecular flexibility index (Phi) is 5.90. The van der Waals surface area contributed by atoms with Crippen molar-refractivity contribution in [3.05, 3.63) is 35.4 Å². The minimum Gasteiger partial charge on any atom is -0.449 e. The van der Waals surface area contributed by atoms with Gasteiger partial charge in [0.25, 0.3) is 5.91 Å². The zero-order valence-electron chi connectivity index (χ0n) is 14.2. The lowest BCUT2D eigenvalue weighted by atomic mass is 9.83. The number of nitrogens with one attached hydrogen (secondary N) is 1. The zero-order chi connectivity index (χ0) is 19.4. The molecule has 1 aliphatic carbocycles. The molecule has 0 aromatic heterocycles. The number of carbonyl (C=O) groups is 2. The summed E-state index contributed by atoms with van der Waals surface area (Å²) in [5.41, 5.74) is -2.26. The van der Waals surface area contributed by atoms with Gasteiger partial charge < -0.3 is 10.1 Å². The number of hydrogen-bond donors (Lipinski definition) is 1. The van der Waals surface area contributed by atoms with Gasteiger partial charge in [-0.1, -0.05) is 25.3 Å². The number of nitriles is 1. The zero-order valence-corrected chi connectivity index (χ0v) is 14.2. The van der Waals surface area contributed by atoms with Crippen LogP contribution >= 0.6 is 0 Å². The van der Waals surface area contributed by atoms with E-state index >= 15 is 0 Å². The van der Waals surface area contributed by atoms with Gasteiger partial charge in [-0.05, 0) is 38.0 Å². The first kappa shape index (κ1) is 19.8. The minimum atomic E-state index is -4.58. The second-order valence-electron chi connectivity index (χ2n) is 6.37. The first-order valence-corrected chi connectivity index (χ1v) is 8.28. The van der Waals surface area contributed by atoms with Crippen LogP contribution < -0.4 is 5.32 Å². The molecule has 1 N–H and O–H groups in total. The van der Waals surface area contributed by atoms with Crippen molar-refractivity contribution >= 4 is 11.9 Å². The molecule has 0 aliphatic heterocycles. The third-order valence-electron chi connectivity index (χ3n) is 4.36. The molecule has 1 saturated carbocycles. The Hall–Kier alpha value is -2.56. The van der Waals surface area contributed by atoms with Crippen molar-refractivity contribution in [3.8, 4) is 6.07 Å². The average molecular weight is 368 g/mol. The van der Waals surface area contributed by atoms with Crippen molar-refractivity contribution in [1.82, 2.24) is 5.32 Å². The SMILES string of the molecule is C[C@@H](OC(=O)c1cccc(C(F)(F)F)c1)C(=O)NC1(C#N)CCCCC1. The molecule has 140 valence electrons. The van der Waals surface area contributed by atoms with Crippen LogP contribution in [0.4, 0.5) is 13.2 Å². The van der Waals surface area contributed by atoms with Crippen LogP contribution in [0.3, 0.4) is 0 Å². The largest absolute Gasteiger partial charge is 0.449 e. The fourth-order valence-electron chi connectivity index (χ4n) is 2.86. The highest BCUT2D eigenvalue weighted by Gasteiger charge is 2.36. The van der Waals surface area contributed by atoms with E-state index in [-0.39, 0.29) is 5.56 Å². The van der Waals surface area contributed by atoms with Crippen LogP contribution in [0.1, 0.15) is 54.9 Å². The smallest absolute Gasteiger partial charge is 0.416 e. The van der Waals surface area contributed by atoms with Crippen LogP contribution in [-0.2, 0) is 15.7 Å². The van der Waals surface area contributed by atoms with Crippen molar-refractivity contribution in [2.45, 2.75) is 56.8 Å². The molecule has 1 fully saturated rings. The summed E-state index contributed by atoms with van der Waals surface area (Å²) in [6.45, 7) is 1.31. The van der Waals surface area contributed by atoms with E-state index in [0.29, 0.717) is 18.9 Å². The summed E-state index contributed by atoms with van der Waals surface area (Å²) in [5.74, 6) is -1.68. The van der Waals surface area contributed by atoms with Crippen LogP contribution in [0, 0.1) is 11.3 Å². The van der Waals surface area contributed by atoms with Gasteiger partial charge in [0.1, 0.15) is 5.54 Å². The molecule has 1 amide bonds. The van der Waals surface area contributed by atoms with Crippen LogP contribution in [0.25, 0.3) is 0 Å². The summed E-state index contributed by atoms with van der Waals surface area (Å²) in [6.07, 6.45) is -2.17. The third-order valence-corrected chi connectivity index (χ3v) is 4.36. The van der Waals surface area contributed by atoms with Crippen molar-refractivity contribution in [3.63, 3.8) is 0 Å². The Labute approximate surface area is 149 Å². The Bertz CT molecular complexity index is 719. The summed E-state index contributed by atoms with van der Waals surface area (Å²) < 4.78 is 43.1. The highest BCUT2D eigenvalue weighted by Crippen LogP contribution is 2.30. The highest BCUT2D eigenvalue weighted by molar-refractivity contribution is 5.92. The van der Waals surface area contributed by atoms with Gasteiger partial charge in [-0.15, -0.1) is 0 Å². The van der Waals surface area contributed by atoms with E-state index in [4.69, 9.17) is 4.74 Å². The van der Waals surface area contributed by atoms with Gasteiger partial charge in [0.05, 0.1) is 17.2 Å². The van der Waals surface area contributed by atoms with E-state index in [1.807, 2.05) is 0 Å². The van der Waals surface area contributed by atoms with Gasteiger partial charge >= 0.3 is 12.1 Å². The lowest BCUT2D eigenvalue weighted by molar-refractivity contribution is -0.137. The number of alkyl halides is 3. The molecule has 0 unspecified atom stereocenters. The van der Waals surface area contributed by atoms with Crippen LogP contribution in [0.2, 0.25) is 0 Å². The summed E-state index contributed by atoms with van der Waals surface area (Å²) in [7, 11) is 0. The first-order chi connectivity index (χ1) is 12.2. The summed E-state index contributed by atoms with van der Waals surface area (Å²) in [6, 6.07) is 5.90. The van der Waals surface area contributed by atoms with Crippen molar-refractivity contribution in [2.75, 3.05) is 0 Å². The van der Waals surface area contributed by atoms with E-state index in [2.05, 4.69) is 11.4 Å². The van der Waals surface area contributed by atoms with Gasteiger partial charge in [-0.2, -0.15) is 18.4 Å². The molecule has 26 heavy (non-hydrogen) atoms. The molecule has 0 radical (unpaired) electrons. The molecular weight excluding hydrogens is 349 g/mol. The number of rotatable bonds is 4. The summed E-state index contributed by atoms with van der Waals surface area (Å²) in [5, 5.41) is 12.0. The molecule has 1 atom stereocenters. The third kappa shape index (κ3) is 4.75. The number of esters is 1. The molecule has 8 heteroatoms. The molecule has 0 saturated heterocycles. The number of ether oxygens (including phenoxy) is 1. The maximum absolute atomic E-state index is 12.7. The Morgan fingerprint density at radius 3 is 2.50 bits per heavy atom. The number of amides is 1. The average Bonchev–Trinajstić information content (AvgIpc) is 2.61. The second-order valence-corrected chi connectivity index (χ2v) is 6.37. The van der Waals surface area contributed by atoms with Crippen molar-refractivity contribution in [1.29, 1.82) is 5.26 Å². The van der Waals surface area contributed by atoms with E-state index in [9.17, 15) is 28.0 Å². The maximum atomic E-state index is 12.7. The molecule has 0 spiro atoms. The first-order valence-electron chi connectivity index (χ1n) is 8.28. The molecule has 1 aromatic rings. The van der Waals surface area contributed by atoms with Crippen LogP contribution in [-0.4, -0.2) is 23.5 Å². The molecular formula is C18H19F3N2O3. The molecule has 0 bridgehead atoms. The number of halogens is 3. The number of benzene rings is 1. The fourth-order valence-corrected chi connectivity index (χ4v) is 2.86. The summed E-state index contributed by atoms with van der Waals surface area (Å²) in [4.78, 5) is 24.3. The van der Waals surface area contributed by atoms with Gasteiger partial charge in [-0.3, -0.25) is 4.79 Å². The summed E-state index contributed by atoms with van der Waals surface area (Å²) >= 11 is 0. The topological polar surface area (TPSA) is 79.2 Å². The van der Waals surface area contributed by atoms with Gasteiger partial charge in [0, 0.05) is 0 Å². The molecule has 1 aromatic carbocycles. The Balaban J connectivity index is 2.02. The molecule has 2 rings (SSSR count). The fraction of sp³-hybridized carbons (Fsp3) is 0.500. The Morgan fingerprint density at radius 1 is 1.27 bits per heavy atom. The van der Waals surface area contributed by atoms with Gasteiger partial charge in [-0.25, -0.2) is 4.79 Å². The molecule has 1 aliphatic rings. The monoisotopic (exact) mass is 368 g/mol. The molecule has 5 nitrogen and oxygen atoms in total. The predicted molar refractivity (Wildman–Crippen MR) is 85.9 cm³/mol. The van der Waals surface area contributed by atoms with E-state index in [1.54, 1.807) is 0 Å². The second kappa shape index (κ2) is 7.77. The lowest BCUT2D eigenvalue weighted by Gasteiger charge is -2.32. The van der Waals surface area contributed by atoms with Crippen molar-refractivity contribution in [2.24, 2.45) is 0 Å². The van der Waals surface area contributed by atoms with E-state index in [1.165, 1.54) is 13.0 Å². The highest BCUT2D eigenvalue weighted by atomic mass is 19.4. The van der Waals surface area contributed by atoms with E-state index in [0.717, 1.165) is 31.4 Å². The van der Waals surface area contributed by atoms with Gasteiger partial charge in [0.15, 0.2) is 6.10 Å². The number of nitrogens with zero attached hydrogens (tertiary/aromatic N) is 1. The lowest BCUT2D eigenvalue weighted by Crippen LogP contribution is -2.52. The normalized spacial score (nSPS) is 17.7. The Morgan fingerprint density at radius 2 is 1.92 bits per heavy atom. The van der Waals surface area contributed by atoms with Crippen LogP contribution in [0.15, 0.2) is 24.3 Å². The maximum Gasteiger partial charge on any atom is 0.416 e. The van der Waals surface area contributed by atoms with Gasteiger partial charge in [0.2, 0.25) is 0 Å². The standard InChI is InChI=1S/C18H19F3N2O3/c1-12(15(24)23-17(11-22)8-3-2-4-9-17)26-16(25)13-6-5-7-14(10-13)18(19,20)21/h5-7,10,12H,2-4,8-9H2,1H3,(H,23,24)/t12-/m1/s1. The number of hydrogen-bond acceptors (Lipinski definition) is 4. The quantitative estimate of drug-likeness (QED) is 0.824. The van der Waals surface area contributed by atoms with E-state index < -0.39 is 35.3 Å². The van der Waals surface area contributed by atoms with Crippen LogP contribution in [0.5, 0.6) is 0 Å². The molecule has 0 heterocycles. The predicted octanol–water partition coefficient (Wildman–Crippen LogP) is 3.59. The minimum absolute atomic E-state index is 0.299.